The molecule has 114 valence electrons. The second kappa shape index (κ2) is 8.04. The number of ether oxygens (including phenoxy) is 1. The molecule has 0 aliphatic carbocycles. The van der Waals surface area contributed by atoms with Crippen LogP contribution in [0, 0.1) is 0 Å². The number of benzene rings is 1. The number of carbonyl (C=O) groups is 3. The summed E-state index contributed by atoms with van der Waals surface area (Å²) in [5.41, 5.74) is 1.40. The third-order valence-corrected chi connectivity index (χ3v) is 3.09. The molecule has 1 amide bonds. The second-order valence-electron chi connectivity index (χ2n) is 4.65. The predicted molar refractivity (Wildman–Crippen MR) is 76.0 cm³/mol. The fraction of sp³-hybridized carbons (Fsp3) is 0.400. The Labute approximate surface area is 123 Å². The van der Waals surface area contributed by atoms with Gasteiger partial charge in [-0.2, -0.15) is 0 Å². The molecular formula is C15H19NO5. The number of hydrogen-bond donors (Lipinski definition) is 1. The van der Waals surface area contributed by atoms with Crippen molar-refractivity contribution in [1.29, 1.82) is 0 Å². The maximum Gasteiger partial charge on any atom is 0.337 e. The monoisotopic (exact) mass is 293 g/mol. The Bertz CT molecular complexity index is 509. The van der Waals surface area contributed by atoms with Crippen LogP contribution >= 0.6 is 0 Å². The number of hydrogen-bond acceptors (Lipinski definition) is 4. The van der Waals surface area contributed by atoms with Crippen molar-refractivity contribution in [2.24, 2.45) is 0 Å². The third kappa shape index (κ3) is 5.64. The van der Waals surface area contributed by atoms with E-state index in [1.165, 1.54) is 12.0 Å². The normalized spacial score (nSPS) is 10.0. The summed E-state index contributed by atoms with van der Waals surface area (Å²) < 4.78 is 4.60. The van der Waals surface area contributed by atoms with Gasteiger partial charge in [0.05, 0.1) is 19.1 Å². The zero-order chi connectivity index (χ0) is 15.8. The maximum absolute atomic E-state index is 11.8. The maximum atomic E-state index is 11.8. The standard InChI is InChI=1S/C15H19NO5/c1-16(10-9-14(18)19)13(17)8-5-11-3-6-12(7-4-11)15(20)21-2/h3-4,6-7H,5,8-10H2,1-2H3,(H,18,19). The van der Waals surface area contributed by atoms with E-state index in [-0.39, 0.29) is 18.9 Å². The number of carboxylic acid groups (broad SMARTS) is 1. The Kier molecular flexibility index (Phi) is 6.39. The first kappa shape index (κ1) is 16.7. The van der Waals surface area contributed by atoms with E-state index in [1.54, 1.807) is 31.3 Å². The molecule has 0 spiro atoms. The van der Waals surface area contributed by atoms with Crippen LogP contribution < -0.4 is 0 Å². The van der Waals surface area contributed by atoms with Crippen LogP contribution in [0.3, 0.4) is 0 Å². The first-order chi connectivity index (χ1) is 9.93. The van der Waals surface area contributed by atoms with E-state index >= 15 is 0 Å². The summed E-state index contributed by atoms with van der Waals surface area (Å²) >= 11 is 0. The highest BCUT2D eigenvalue weighted by Gasteiger charge is 2.11. The zero-order valence-corrected chi connectivity index (χ0v) is 12.2. The van der Waals surface area contributed by atoms with Gasteiger partial charge in [-0.05, 0) is 24.1 Å². The lowest BCUT2D eigenvalue weighted by Gasteiger charge is -2.15. The van der Waals surface area contributed by atoms with Gasteiger partial charge < -0.3 is 14.7 Å². The highest BCUT2D eigenvalue weighted by atomic mass is 16.5. The molecule has 0 atom stereocenters. The van der Waals surface area contributed by atoms with Crippen LogP contribution in [0.4, 0.5) is 0 Å². The SMILES string of the molecule is COC(=O)c1ccc(CCC(=O)N(C)CCC(=O)O)cc1. The van der Waals surface area contributed by atoms with E-state index < -0.39 is 11.9 Å². The largest absolute Gasteiger partial charge is 0.481 e. The van der Waals surface area contributed by atoms with Crippen molar-refractivity contribution in [2.75, 3.05) is 20.7 Å². The highest BCUT2D eigenvalue weighted by molar-refractivity contribution is 5.89. The second-order valence-corrected chi connectivity index (χ2v) is 4.65. The van der Waals surface area contributed by atoms with Gasteiger partial charge in [-0.15, -0.1) is 0 Å². The summed E-state index contributed by atoms with van der Waals surface area (Å²) in [5.74, 6) is -1.42. The van der Waals surface area contributed by atoms with E-state index in [1.807, 2.05) is 0 Å². The lowest BCUT2D eigenvalue weighted by atomic mass is 10.1. The van der Waals surface area contributed by atoms with Crippen molar-refractivity contribution in [3.05, 3.63) is 35.4 Å². The van der Waals surface area contributed by atoms with Crippen molar-refractivity contribution < 1.29 is 24.2 Å². The molecular weight excluding hydrogens is 274 g/mol. The summed E-state index contributed by atoms with van der Waals surface area (Å²) in [4.78, 5) is 34.9. The third-order valence-electron chi connectivity index (χ3n) is 3.09. The van der Waals surface area contributed by atoms with Gasteiger partial charge in [0.15, 0.2) is 0 Å². The number of rotatable bonds is 7. The van der Waals surface area contributed by atoms with Crippen molar-refractivity contribution in [1.82, 2.24) is 4.90 Å². The Morgan fingerprint density at radius 3 is 2.29 bits per heavy atom. The lowest BCUT2D eigenvalue weighted by Crippen LogP contribution is -2.29. The molecule has 0 aliphatic heterocycles. The zero-order valence-electron chi connectivity index (χ0n) is 12.2. The molecule has 6 heteroatoms. The van der Waals surface area contributed by atoms with Gasteiger partial charge in [0.25, 0.3) is 0 Å². The first-order valence-corrected chi connectivity index (χ1v) is 6.57. The van der Waals surface area contributed by atoms with Gasteiger partial charge in [-0.1, -0.05) is 12.1 Å². The van der Waals surface area contributed by atoms with Gasteiger partial charge in [0.1, 0.15) is 0 Å². The van der Waals surface area contributed by atoms with Gasteiger partial charge in [0, 0.05) is 20.0 Å². The molecule has 21 heavy (non-hydrogen) atoms. The van der Waals surface area contributed by atoms with Crippen LogP contribution in [0.25, 0.3) is 0 Å². The number of carboxylic acids is 1. The van der Waals surface area contributed by atoms with Crippen LogP contribution in [0.5, 0.6) is 0 Å². The number of amides is 1. The molecule has 0 saturated carbocycles. The van der Waals surface area contributed by atoms with Crippen molar-refractivity contribution in [3.63, 3.8) is 0 Å². The fourth-order valence-corrected chi connectivity index (χ4v) is 1.76. The molecule has 1 N–H and O–H groups in total. The van der Waals surface area contributed by atoms with Crippen molar-refractivity contribution >= 4 is 17.8 Å². The van der Waals surface area contributed by atoms with E-state index in [2.05, 4.69) is 4.74 Å². The molecule has 0 unspecified atom stereocenters. The van der Waals surface area contributed by atoms with Crippen LogP contribution in [0.1, 0.15) is 28.8 Å². The van der Waals surface area contributed by atoms with Gasteiger partial charge in [-0.25, -0.2) is 4.79 Å². The molecule has 1 rings (SSSR count). The Hall–Kier alpha value is -2.37. The van der Waals surface area contributed by atoms with E-state index in [4.69, 9.17) is 5.11 Å². The Morgan fingerprint density at radius 2 is 1.76 bits per heavy atom. The molecule has 0 aromatic heterocycles. The molecule has 0 heterocycles. The van der Waals surface area contributed by atoms with E-state index in [9.17, 15) is 14.4 Å². The highest BCUT2D eigenvalue weighted by Crippen LogP contribution is 2.08. The van der Waals surface area contributed by atoms with Crippen LogP contribution in [0.2, 0.25) is 0 Å². The predicted octanol–water partition coefficient (Wildman–Crippen LogP) is 1.34. The number of methoxy groups -OCH3 is 1. The number of nitrogens with zero attached hydrogens (tertiary/aromatic N) is 1. The summed E-state index contributed by atoms with van der Waals surface area (Å²) in [6.45, 7) is 0.204. The minimum absolute atomic E-state index is 0.0595. The number of aryl methyl sites for hydroxylation is 1. The molecule has 0 aliphatic rings. The van der Waals surface area contributed by atoms with Gasteiger partial charge in [0.2, 0.25) is 5.91 Å². The number of aliphatic carboxylic acids is 1. The smallest absolute Gasteiger partial charge is 0.337 e. The molecule has 6 nitrogen and oxygen atoms in total. The Morgan fingerprint density at radius 1 is 1.14 bits per heavy atom. The van der Waals surface area contributed by atoms with Gasteiger partial charge >= 0.3 is 11.9 Å². The average Bonchev–Trinajstić information content (AvgIpc) is 2.49. The first-order valence-electron chi connectivity index (χ1n) is 6.57. The molecule has 0 radical (unpaired) electrons. The van der Waals surface area contributed by atoms with Crippen LogP contribution in [-0.4, -0.2) is 48.6 Å². The van der Waals surface area contributed by atoms with Crippen molar-refractivity contribution in [3.8, 4) is 0 Å². The molecule has 1 aromatic rings. The summed E-state index contributed by atoms with van der Waals surface area (Å²) in [5, 5.41) is 8.57. The summed E-state index contributed by atoms with van der Waals surface area (Å²) in [7, 11) is 2.91. The number of carbonyl (C=O) groups excluding carboxylic acids is 2. The Balaban J connectivity index is 2.45. The molecule has 0 saturated heterocycles. The average molecular weight is 293 g/mol. The summed E-state index contributed by atoms with van der Waals surface area (Å²) in [6.07, 6.45) is 0.779. The lowest BCUT2D eigenvalue weighted by molar-refractivity contribution is -0.138. The quantitative estimate of drug-likeness (QED) is 0.767. The minimum atomic E-state index is -0.923. The molecule has 1 aromatic carbocycles. The summed E-state index contributed by atoms with van der Waals surface area (Å²) in [6, 6.07) is 6.85. The van der Waals surface area contributed by atoms with E-state index in [0.29, 0.717) is 18.4 Å². The van der Waals surface area contributed by atoms with Crippen LogP contribution in [-0.2, 0) is 20.7 Å². The van der Waals surface area contributed by atoms with Gasteiger partial charge in [-0.3, -0.25) is 9.59 Å². The van der Waals surface area contributed by atoms with Crippen molar-refractivity contribution in [2.45, 2.75) is 19.3 Å². The molecule has 0 fully saturated rings. The van der Waals surface area contributed by atoms with Crippen LogP contribution in [0.15, 0.2) is 24.3 Å². The number of esters is 1. The minimum Gasteiger partial charge on any atom is -0.481 e. The fourth-order valence-electron chi connectivity index (χ4n) is 1.76. The topological polar surface area (TPSA) is 83.9 Å². The molecule has 0 bridgehead atoms. The van der Waals surface area contributed by atoms with E-state index in [0.717, 1.165) is 5.56 Å².